The Kier molecular flexibility index (Phi) is 11.3. The van der Waals surface area contributed by atoms with Crippen LogP contribution >= 0.6 is 0 Å². The highest BCUT2D eigenvalue weighted by Gasteiger charge is 2.02. The second kappa shape index (κ2) is 9.48. The van der Waals surface area contributed by atoms with Crippen LogP contribution in [0.5, 0.6) is 0 Å². The van der Waals surface area contributed by atoms with Gasteiger partial charge in [0, 0.05) is 0 Å². The van der Waals surface area contributed by atoms with Crippen molar-refractivity contribution in [2.75, 3.05) is 0 Å². The third kappa shape index (κ3) is 5.90. The molecule has 0 aromatic heterocycles. The molecule has 0 aromatic carbocycles. The van der Waals surface area contributed by atoms with Crippen LogP contribution in [-0.2, 0) is 0 Å². The van der Waals surface area contributed by atoms with E-state index in [1.807, 2.05) is 19.9 Å². The Morgan fingerprint density at radius 1 is 1.27 bits per heavy atom. The van der Waals surface area contributed by atoms with E-state index in [0.717, 1.165) is 0 Å². The summed E-state index contributed by atoms with van der Waals surface area (Å²) < 4.78 is 0. The van der Waals surface area contributed by atoms with E-state index < -0.39 is 0 Å². The number of hydrogen-bond acceptors (Lipinski definition) is 0. The average Bonchev–Trinajstić information content (AvgIpc) is 2.10. The molecule has 0 heteroatoms. The van der Waals surface area contributed by atoms with E-state index >= 15 is 0 Å². The minimum Gasteiger partial charge on any atom is -0.0988 e. The van der Waals surface area contributed by atoms with E-state index in [1.54, 1.807) is 0 Å². The van der Waals surface area contributed by atoms with Crippen LogP contribution in [0.3, 0.4) is 0 Å². The first-order valence-corrected chi connectivity index (χ1v) is 4.57. The Hall–Kier alpha value is -0.520. The number of allylic oxidation sites excluding steroid dienone is 2. The highest BCUT2D eigenvalue weighted by molar-refractivity contribution is 5.14. The van der Waals surface area contributed by atoms with Gasteiger partial charge in [0.2, 0.25) is 0 Å². The zero-order valence-corrected chi connectivity index (χ0v) is 8.48. The Labute approximate surface area is 72.0 Å². The Morgan fingerprint density at radius 3 is 1.73 bits per heavy atom. The second-order valence-electron chi connectivity index (χ2n) is 2.29. The first-order valence-electron chi connectivity index (χ1n) is 4.57. The van der Waals surface area contributed by atoms with Gasteiger partial charge in [-0.15, -0.1) is 0 Å². The molecule has 0 unspecified atom stereocenters. The molecule has 0 radical (unpaired) electrons. The van der Waals surface area contributed by atoms with Crippen molar-refractivity contribution in [3.05, 3.63) is 24.8 Å². The van der Waals surface area contributed by atoms with Gasteiger partial charge in [-0.3, -0.25) is 0 Å². The van der Waals surface area contributed by atoms with Gasteiger partial charge in [-0.05, 0) is 18.8 Å². The lowest BCUT2D eigenvalue weighted by Gasteiger charge is -2.10. The number of rotatable bonds is 4. The molecule has 0 aliphatic heterocycles. The predicted octanol–water partition coefficient (Wildman–Crippen LogP) is 4.19. The van der Waals surface area contributed by atoms with E-state index in [2.05, 4.69) is 27.0 Å². The Bertz CT molecular complexity index is 96.6. The molecule has 0 atom stereocenters. The topological polar surface area (TPSA) is 0 Å². The van der Waals surface area contributed by atoms with Gasteiger partial charge in [0.1, 0.15) is 0 Å². The molecule has 0 heterocycles. The molecule has 0 fully saturated rings. The van der Waals surface area contributed by atoms with Crippen molar-refractivity contribution in [2.45, 2.75) is 40.5 Å². The third-order valence-electron chi connectivity index (χ3n) is 1.77. The lowest BCUT2D eigenvalue weighted by atomic mass is 9.95. The van der Waals surface area contributed by atoms with Gasteiger partial charge < -0.3 is 0 Å². The maximum atomic E-state index is 3.90. The molecule has 0 amide bonds. The fourth-order valence-electron chi connectivity index (χ4n) is 0.980. The van der Waals surface area contributed by atoms with Crippen molar-refractivity contribution in [3.8, 4) is 0 Å². The largest absolute Gasteiger partial charge is 0.0988 e. The van der Waals surface area contributed by atoms with Crippen LogP contribution in [0.1, 0.15) is 40.5 Å². The molecule has 66 valence electrons. The summed E-state index contributed by atoms with van der Waals surface area (Å²) >= 11 is 0. The summed E-state index contributed by atoms with van der Waals surface area (Å²) in [4.78, 5) is 0. The second-order valence-corrected chi connectivity index (χ2v) is 2.29. The van der Waals surface area contributed by atoms with Gasteiger partial charge in [-0.1, -0.05) is 52.5 Å². The first kappa shape index (κ1) is 13.1. The summed E-state index contributed by atoms with van der Waals surface area (Å²) in [5, 5.41) is 0. The molecule has 0 bridgehead atoms. The average molecular weight is 154 g/mol. The van der Waals surface area contributed by atoms with Crippen molar-refractivity contribution in [1.82, 2.24) is 0 Å². The maximum absolute atomic E-state index is 3.90. The SMILES string of the molecule is C=CC(=C)C(CC)CC.CC. The van der Waals surface area contributed by atoms with Crippen LogP contribution in [-0.4, -0.2) is 0 Å². The zero-order chi connectivity index (χ0) is 9.28. The minimum absolute atomic E-state index is 0.655. The minimum atomic E-state index is 0.655. The van der Waals surface area contributed by atoms with Gasteiger partial charge in [0.25, 0.3) is 0 Å². The molecule has 0 aromatic rings. The first-order chi connectivity index (χ1) is 5.26. The molecular formula is C11H22. The fraction of sp³-hybridized carbons (Fsp3) is 0.636. The third-order valence-corrected chi connectivity index (χ3v) is 1.77. The van der Waals surface area contributed by atoms with E-state index in [-0.39, 0.29) is 0 Å². The van der Waals surface area contributed by atoms with Crippen molar-refractivity contribution in [3.63, 3.8) is 0 Å². The van der Waals surface area contributed by atoms with E-state index in [4.69, 9.17) is 0 Å². The smallest absolute Gasteiger partial charge is 0.0173 e. The molecule has 0 aliphatic rings. The normalized spacial score (nSPS) is 8.45. The van der Waals surface area contributed by atoms with E-state index in [1.165, 1.54) is 18.4 Å². The molecule has 0 saturated carbocycles. The van der Waals surface area contributed by atoms with Crippen molar-refractivity contribution < 1.29 is 0 Å². The molecule has 0 spiro atoms. The standard InChI is InChI=1S/C9H16.C2H6/c1-5-8(4)9(6-2)7-3;1-2/h5,9H,1,4,6-7H2,2-3H3;1-2H3. The summed E-state index contributed by atoms with van der Waals surface area (Å²) in [5.41, 5.74) is 1.18. The summed E-state index contributed by atoms with van der Waals surface area (Å²) in [6.45, 7) is 15.9. The summed E-state index contributed by atoms with van der Waals surface area (Å²) in [6.07, 6.45) is 4.22. The van der Waals surface area contributed by atoms with Gasteiger partial charge in [0.15, 0.2) is 0 Å². The van der Waals surface area contributed by atoms with Crippen LogP contribution in [0.4, 0.5) is 0 Å². The predicted molar refractivity (Wildman–Crippen MR) is 54.8 cm³/mol. The lowest BCUT2D eigenvalue weighted by molar-refractivity contribution is 0.585. The van der Waals surface area contributed by atoms with Crippen molar-refractivity contribution in [1.29, 1.82) is 0 Å². The van der Waals surface area contributed by atoms with E-state index in [0.29, 0.717) is 5.92 Å². The highest BCUT2D eigenvalue weighted by atomic mass is 14.1. The lowest BCUT2D eigenvalue weighted by Crippen LogP contribution is -1.96. The summed E-state index contributed by atoms with van der Waals surface area (Å²) in [5.74, 6) is 0.655. The van der Waals surface area contributed by atoms with Gasteiger partial charge >= 0.3 is 0 Å². The molecular weight excluding hydrogens is 132 g/mol. The van der Waals surface area contributed by atoms with Gasteiger partial charge in [0.05, 0.1) is 0 Å². The molecule has 0 saturated heterocycles. The zero-order valence-electron chi connectivity index (χ0n) is 8.48. The Morgan fingerprint density at radius 2 is 1.64 bits per heavy atom. The Balaban J connectivity index is 0. The highest BCUT2D eigenvalue weighted by Crippen LogP contribution is 2.16. The monoisotopic (exact) mass is 154 g/mol. The van der Waals surface area contributed by atoms with Crippen LogP contribution in [0.25, 0.3) is 0 Å². The molecule has 0 N–H and O–H groups in total. The van der Waals surface area contributed by atoms with Gasteiger partial charge in [-0.2, -0.15) is 0 Å². The maximum Gasteiger partial charge on any atom is -0.0173 e. The summed E-state index contributed by atoms with van der Waals surface area (Å²) in [7, 11) is 0. The molecule has 0 nitrogen and oxygen atoms in total. The summed E-state index contributed by atoms with van der Waals surface area (Å²) in [6, 6.07) is 0. The van der Waals surface area contributed by atoms with Crippen LogP contribution < -0.4 is 0 Å². The van der Waals surface area contributed by atoms with E-state index in [9.17, 15) is 0 Å². The van der Waals surface area contributed by atoms with Crippen molar-refractivity contribution >= 4 is 0 Å². The quantitative estimate of drug-likeness (QED) is 0.533. The van der Waals surface area contributed by atoms with Crippen LogP contribution in [0, 0.1) is 5.92 Å². The molecule has 0 rings (SSSR count). The van der Waals surface area contributed by atoms with Crippen molar-refractivity contribution in [2.24, 2.45) is 5.92 Å². The fourth-order valence-corrected chi connectivity index (χ4v) is 0.980. The van der Waals surface area contributed by atoms with Crippen LogP contribution in [0.2, 0.25) is 0 Å². The van der Waals surface area contributed by atoms with Gasteiger partial charge in [-0.25, -0.2) is 0 Å². The number of hydrogen-bond donors (Lipinski definition) is 0. The molecule has 0 aliphatic carbocycles. The molecule has 11 heavy (non-hydrogen) atoms. The van der Waals surface area contributed by atoms with Crippen LogP contribution in [0.15, 0.2) is 24.8 Å².